The summed E-state index contributed by atoms with van der Waals surface area (Å²) >= 11 is 0. The number of unbranched alkanes of at least 4 members (excludes halogenated alkanes) is 1. The molecule has 0 spiro atoms. The van der Waals surface area contributed by atoms with E-state index in [0.717, 1.165) is 45.1 Å². The van der Waals surface area contributed by atoms with Crippen LogP contribution in [0.3, 0.4) is 0 Å². The minimum atomic E-state index is -0.304. The van der Waals surface area contributed by atoms with Gasteiger partial charge in [-0.2, -0.15) is 0 Å². The number of amides is 1. The van der Waals surface area contributed by atoms with Crippen molar-refractivity contribution in [3.05, 3.63) is 0 Å². The van der Waals surface area contributed by atoms with Gasteiger partial charge in [0.05, 0.1) is 6.10 Å². The molecule has 3 heteroatoms. The zero-order valence-electron chi connectivity index (χ0n) is 10.6. The second-order valence-electron chi connectivity index (χ2n) is 4.83. The van der Waals surface area contributed by atoms with E-state index in [-0.39, 0.29) is 17.9 Å². The number of hydrogen-bond donors (Lipinski definition) is 1. The second kappa shape index (κ2) is 6.89. The van der Waals surface area contributed by atoms with Gasteiger partial charge in [-0.3, -0.25) is 4.79 Å². The van der Waals surface area contributed by atoms with Gasteiger partial charge in [0.25, 0.3) is 0 Å². The van der Waals surface area contributed by atoms with Gasteiger partial charge in [-0.15, -0.1) is 0 Å². The summed E-state index contributed by atoms with van der Waals surface area (Å²) in [6.07, 6.45) is 5.67. The van der Waals surface area contributed by atoms with Crippen molar-refractivity contribution in [2.75, 3.05) is 13.1 Å². The topological polar surface area (TPSA) is 40.5 Å². The maximum absolute atomic E-state index is 12.2. The Bertz CT molecular complexity index is 218. The van der Waals surface area contributed by atoms with Crippen LogP contribution in [0, 0.1) is 5.92 Å². The molecule has 3 nitrogen and oxygen atoms in total. The summed E-state index contributed by atoms with van der Waals surface area (Å²) in [6, 6.07) is 0. The molecule has 2 atom stereocenters. The third-order valence-corrected chi connectivity index (χ3v) is 3.46. The SMILES string of the molecule is CCCCC(CC)C(=O)N1CCCC(O)C1. The molecule has 0 saturated carbocycles. The smallest absolute Gasteiger partial charge is 0.225 e. The lowest BCUT2D eigenvalue weighted by atomic mass is 9.96. The molecule has 1 amide bonds. The predicted molar refractivity (Wildman–Crippen MR) is 65.1 cm³/mol. The molecule has 1 aliphatic heterocycles. The molecule has 16 heavy (non-hydrogen) atoms. The van der Waals surface area contributed by atoms with Gasteiger partial charge in [-0.05, 0) is 25.7 Å². The van der Waals surface area contributed by atoms with Gasteiger partial charge in [0.15, 0.2) is 0 Å². The minimum absolute atomic E-state index is 0.172. The zero-order chi connectivity index (χ0) is 12.0. The van der Waals surface area contributed by atoms with E-state index in [1.165, 1.54) is 0 Å². The van der Waals surface area contributed by atoms with Crippen molar-refractivity contribution < 1.29 is 9.90 Å². The average Bonchev–Trinajstić information content (AvgIpc) is 2.29. The van der Waals surface area contributed by atoms with E-state index in [2.05, 4.69) is 13.8 Å². The quantitative estimate of drug-likeness (QED) is 0.782. The Morgan fingerprint density at radius 2 is 2.25 bits per heavy atom. The molecule has 0 aromatic heterocycles. The monoisotopic (exact) mass is 227 g/mol. The molecule has 0 aromatic carbocycles. The van der Waals surface area contributed by atoms with Crippen LogP contribution in [0.15, 0.2) is 0 Å². The summed E-state index contributed by atoms with van der Waals surface area (Å²) in [5.74, 6) is 0.431. The fourth-order valence-electron chi connectivity index (χ4n) is 2.37. The number of aliphatic hydroxyl groups excluding tert-OH is 1. The average molecular weight is 227 g/mol. The normalized spacial score (nSPS) is 23.2. The molecule has 1 N–H and O–H groups in total. The minimum Gasteiger partial charge on any atom is -0.391 e. The van der Waals surface area contributed by atoms with Gasteiger partial charge in [0.2, 0.25) is 5.91 Å². The number of aliphatic hydroxyl groups is 1. The number of nitrogens with zero attached hydrogens (tertiary/aromatic N) is 1. The van der Waals surface area contributed by atoms with Crippen LogP contribution in [0.25, 0.3) is 0 Å². The van der Waals surface area contributed by atoms with Gasteiger partial charge in [-0.1, -0.05) is 26.7 Å². The molecule has 0 aromatic rings. The number of β-amino-alcohol motifs (C(OH)–C–C–N with tert-alkyl or cyclic N) is 1. The van der Waals surface area contributed by atoms with Crippen LogP contribution in [0.5, 0.6) is 0 Å². The fraction of sp³-hybridized carbons (Fsp3) is 0.923. The van der Waals surface area contributed by atoms with Crippen molar-refractivity contribution >= 4 is 5.91 Å². The number of rotatable bonds is 5. The van der Waals surface area contributed by atoms with Crippen LogP contribution in [0.2, 0.25) is 0 Å². The molecule has 0 aliphatic carbocycles. The summed E-state index contributed by atoms with van der Waals surface area (Å²) in [5.41, 5.74) is 0. The van der Waals surface area contributed by atoms with Crippen LogP contribution in [0.1, 0.15) is 52.4 Å². The first-order valence-corrected chi connectivity index (χ1v) is 6.65. The van der Waals surface area contributed by atoms with Crippen molar-refractivity contribution in [3.8, 4) is 0 Å². The lowest BCUT2D eigenvalue weighted by molar-refractivity contribution is -0.139. The number of hydrogen-bond acceptors (Lipinski definition) is 2. The standard InChI is InChI=1S/C13H25NO2/c1-3-5-7-11(4-2)13(16)14-9-6-8-12(15)10-14/h11-12,15H,3-10H2,1-2H3. The molecule has 1 heterocycles. The van der Waals surface area contributed by atoms with Gasteiger partial charge in [0.1, 0.15) is 0 Å². The van der Waals surface area contributed by atoms with Crippen molar-refractivity contribution in [1.29, 1.82) is 0 Å². The Morgan fingerprint density at radius 1 is 1.50 bits per heavy atom. The zero-order valence-corrected chi connectivity index (χ0v) is 10.6. The molecule has 94 valence electrons. The Balaban J connectivity index is 2.46. The summed E-state index contributed by atoms with van der Waals surface area (Å²) in [4.78, 5) is 14.1. The highest BCUT2D eigenvalue weighted by atomic mass is 16.3. The molecule has 1 aliphatic rings. The van der Waals surface area contributed by atoms with E-state index < -0.39 is 0 Å². The largest absolute Gasteiger partial charge is 0.391 e. The second-order valence-corrected chi connectivity index (χ2v) is 4.83. The van der Waals surface area contributed by atoms with E-state index >= 15 is 0 Å². The highest BCUT2D eigenvalue weighted by molar-refractivity contribution is 5.78. The van der Waals surface area contributed by atoms with Gasteiger partial charge in [-0.25, -0.2) is 0 Å². The lowest BCUT2D eigenvalue weighted by Crippen LogP contribution is -2.44. The Labute approximate surface area is 98.8 Å². The maximum atomic E-state index is 12.2. The third-order valence-electron chi connectivity index (χ3n) is 3.46. The first-order valence-electron chi connectivity index (χ1n) is 6.65. The number of carbonyl (C=O) groups is 1. The summed E-state index contributed by atoms with van der Waals surface area (Å²) in [5, 5.41) is 9.57. The summed E-state index contributed by atoms with van der Waals surface area (Å²) in [6.45, 7) is 5.61. The summed E-state index contributed by atoms with van der Waals surface area (Å²) in [7, 11) is 0. The van der Waals surface area contributed by atoms with Gasteiger partial charge < -0.3 is 10.0 Å². The Kier molecular flexibility index (Phi) is 5.81. The highest BCUT2D eigenvalue weighted by Crippen LogP contribution is 2.19. The molecule has 1 fully saturated rings. The molecular weight excluding hydrogens is 202 g/mol. The predicted octanol–water partition coefficient (Wildman–Crippen LogP) is 2.19. The van der Waals surface area contributed by atoms with E-state index in [0.29, 0.717) is 6.54 Å². The van der Waals surface area contributed by atoms with Crippen LogP contribution in [-0.2, 0) is 4.79 Å². The third kappa shape index (κ3) is 3.78. The van der Waals surface area contributed by atoms with Crippen molar-refractivity contribution in [3.63, 3.8) is 0 Å². The Hall–Kier alpha value is -0.570. The molecule has 0 bridgehead atoms. The van der Waals surface area contributed by atoms with E-state index in [1.807, 2.05) is 4.90 Å². The molecule has 2 unspecified atom stereocenters. The fourth-order valence-corrected chi connectivity index (χ4v) is 2.37. The maximum Gasteiger partial charge on any atom is 0.225 e. The van der Waals surface area contributed by atoms with Gasteiger partial charge in [0, 0.05) is 19.0 Å². The number of carbonyl (C=O) groups excluding carboxylic acids is 1. The molecule has 1 rings (SSSR count). The van der Waals surface area contributed by atoms with Crippen LogP contribution >= 0.6 is 0 Å². The van der Waals surface area contributed by atoms with Crippen molar-refractivity contribution in [2.24, 2.45) is 5.92 Å². The van der Waals surface area contributed by atoms with Crippen LogP contribution in [-0.4, -0.2) is 35.1 Å². The van der Waals surface area contributed by atoms with Crippen molar-refractivity contribution in [1.82, 2.24) is 4.90 Å². The number of piperidine rings is 1. The highest BCUT2D eigenvalue weighted by Gasteiger charge is 2.26. The van der Waals surface area contributed by atoms with E-state index in [9.17, 15) is 9.90 Å². The van der Waals surface area contributed by atoms with E-state index in [4.69, 9.17) is 0 Å². The van der Waals surface area contributed by atoms with Crippen molar-refractivity contribution in [2.45, 2.75) is 58.5 Å². The molecular formula is C13H25NO2. The van der Waals surface area contributed by atoms with Gasteiger partial charge >= 0.3 is 0 Å². The lowest BCUT2D eigenvalue weighted by Gasteiger charge is -2.32. The van der Waals surface area contributed by atoms with Crippen LogP contribution < -0.4 is 0 Å². The molecule has 1 saturated heterocycles. The Morgan fingerprint density at radius 3 is 2.81 bits per heavy atom. The first-order chi connectivity index (χ1) is 7.69. The molecule has 0 radical (unpaired) electrons. The van der Waals surface area contributed by atoms with E-state index in [1.54, 1.807) is 0 Å². The number of likely N-dealkylation sites (tertiary alicyclic amines) is 1. The van der Waals surface area contributed by atoms with Crippen LogP contribution in [0.4, 0.5) is 0 Å². The first kappa shape index (κ1) is 13.5. The summed E-state index contributed by atoms with van der Waals surface area (Å²) < 4.78 is 0.